The Balaban J connectivity index is 1.58. The molecule has 0 radical (unpaired) electrons. The Kier molecular flexibility index (Phi) is 4.78. The number of likely N-dealkylation sites (tertiary alicyclic amines) is 1. The first kappa shape index (κ1) is 14.8. The first-order valence-electron chi connectivity index (χ1n) is 8.17. The third-order valence-electron chi connectivity index (χ3n) is 5.21. The number of fused-ring (bicyclic) bond motifs is 1. The van der Waals surface area contributed by atoms with Gasteiger partial charge in [-0.3, -0.25) is 10.7 Å². The van der Waals surface area contributed by atoms with Crippen molar-refractivity contribution >= 4 is 5.69 Å². The molecule has 1 heterocycles. The van der Waals surface area contributed by atoms with Crippen LogP contribution in [0.5, 0.6) is 0 Å². The lowest BCUT2D eigenvalue weighted by Gasteiger charge is -2.41. The van der Waals surface area contributed by atoms with Crippen molar-refractivity contribution in [3.63, 3.8) is 0 Å². The summed E-state index contributed by atoms with van der Waals surface area (Å²) in [6.45, 7) is 2.94. The van der Waals surface area contributed by atoms with Crippen molar-refractivity contribution in [2.75, 3.05) is 25.1 Å². The van der Waals surface area contributed by atoms with Crippen molar-refractivity contribution < 1.29 is 10.3 Å². The second-order valence-electron chi connectivity index (χ2n) is 6.61. The van der Waals surface area contributed by atoms with Crippen LogP contribution in [0.1, 0.15) is 43.8 Å². The summed E-state index contributed by atoms with van der Waals surface area (Å²) in [6, 6.07) is 7.35. The fourth-order valence-corrected chi connectivity index (χ4v) is 4.01. The van der Waals surface area contributed by atoms with Gasteiger partial charge in [0, 0.05) is 13.1 Å². The molecular weight excluding hydrogens is 264 g/mol. The highest BCUT2D eigenvalue weighted by atomic mass is 16.5. The van der Waals surface area contributed by atoms with Gasteiger partial charge in [0.25, 0.3) is 0 Å². The number of rotatable bonds is 4. The molecule has 116 valence electrons. The standard InChI is InChI=1S/C17H26N2O2/c20-17(14-6-3-7-16(10-14)18-21)12-19-9-8-13-4-1-2-5-15(13)11-19/h3,6-7,10,13,15,17-18,20-21H,1-2,4-5,8-9,11-12H2/t13?,15-,17?/m1/s1. The Hall–Kier alpha value is -1.10. The highest BCUT2D eigenvalue weighted by Gasteiger charge is 2.31. The number of hydrogen-bond donors (Lipinski definition) is 3. The van der Waals surface area contributed by atoms with Crippen molar-refractivity contribution in [1.82, 2.24) is 4.90 Å². The maximum absolute atomic E-state index is 10.4. The Morgan fingerprint density at radius 1 is 1.19 bits per heavy atom. The van der Waals surface area contributed by atoms with Gasteiger partial charge in [-0.15, -0.1) is 0 Å². The van der Waals surface area contributed by atoms with Gasteiger partial charge in [0.15, 0.2) is 0 Å². The van der Waals surface area contributed by atoms with Crippen LogP contribution in [-0.2, 0) is 0 Å². The van der Waals surface area contributed by atoms with Crippen molar-refractivity contribution in [3.05, 3.63) is 29.8 Å². The predicted molar refractivity (Wildman–Crippen MR) is 83.3 cm³/mol. The number of hydrogen-bond acceptors (Lipinski definition) is 4. The van der Waals surface area contributed by atoms with Crippen LogP contribution in [0.3, 0.4) is 0 Å². The molecule has 0 aromatic heterocycles. The zero-order chi connectivity index (χ0) is 14.7. The Labute approximate surface area is 126 Å². The third kappa shape index (κ3) is 3.57. The van der Waals surface area contributed by atoms with E-state index in [1.807, 2.05) is 12.1 Å². The molecule has 3 rings (SSSR count). The van der Waals surface area contributed by atoms with Gasteiger partial charge in [0.2, 0.25) is 0 Å². The molecule has 2 aliphatic rings. The van der Waals surface area contributed by atoms with Gasteiger partial charge >= 0.3 is 0 Å². The Bertz CT molecular complexity index is 466. The average Bonchev–Trinajstić information content (AvgIpc) is 2.54. The predicted octanol–water partition coefficient (Wildman–Crippen LogP) is 3.03. The highest BCUT2D eigenvalue weighted by molar-refractivity contribution is 5.44. The number of anilines is 1. The fraction of sp³-hybridized carbons (Fsp3) is 0.647. The van der Waals surface area contributed by atoms with Crippen LogP contribution in [0.25, 0.3) is 0 Å². The minimum atomic E-state index is -0.488. The Morgan fingerprint density at radius 3 is 2.81 bits per heavy atom. The van der Waals surface area contributed by atoms with E-state index in [1.54, 1.807) is 12.1 Å². The summed E-state index contributed by atoms with van der Waals surface area (Å²) in [7, 11) is 0. The monoisotopic (exact) mass is 290 g/mol. The van der Waals surface area contributed by atoms with E-state index >= 15 is 0 Å². The zero-order valence-corrected chi connectivity index (χ0v) is 12.5. The molecule has 1 saturated heterocycles. The van der Waals surface area contributed by atoms with Crippen LogP contribution in [0.4, 0.5) is 5.69 Å². The summed E-state index contributed by atoms with van der Waals surface area (Å²) < 4.78 is 0. The summed E-state index contributed by atoms with van der Waals surface area (Å²) >= 11 is 0. The first-order chi connectivity index (χ1) is 10.3. The Morgan fingerprint density at radius 2 is 2.00 bits per heavy atom. The lowest BCUT2D eigenvalue weighted by Crippen LogP contribution is -2.43. The van der Waals surface area contributed by atoms with Crippen LogP contribution in [0, 0.1) is 11.8 Å². The van der Waals surface area contributed by atoms with Crippen LogP contribution >= 0.6 is 0 Å². The topological polar surface area (TPSA) is 55.7 Å². The molecule has 4 heteroatoms. The van der Waals surface area contributed by atoms with Crippen LogP contribution < -0.4 is 5.48 Å². The molecular formula is C17H26N2O2. The summed E-state index contributed by atoms with van der Waals surface area (Å²) in [6.07, 6.45) is 6.35. The normalized spacial score (nSPS) is 27.9. The van der Waals surface area contributed by atoms with E-state index in [4.69, 9.17) is 5.21 Å². The molecule has 21 heavy (non-hydrogen) atoms. The molecule has 2 fully saturated rings. The van der Waals surface area contributed by atoms with E-state index in [-0.39, 0.29) is 0 Å². The van der Waals surface area contributed by atoms with Gasteiger partial charge in [0.05, 0.1) is 11.8 Å². The van der Waals surface area contributed by atoms with Gasteiger partial charge in [0.1, 0.15) is 0 Å². The summed E-state index contributed by atoms with van der Waals surface area (Å²) in [5.74, 6) is 1.76. The molecule has 0 amide bonds. The van der Waals surface area contributed by atoms with E-state index in [2.05, 4.69) is 10.4 Å². The minimum absolute atomic E-state index is 0.488. The quantitative estimate of drug-likeness (QED) is 0.746. The molecule has 1 aromatic rings. The smallest absolute Gasteiger partial charge is 0.0917 e. The SMILES string of the molecule is ONc1cccc(C(O)CN2CCC3CCCC[C@@H]3C2)c1. The molecule has 1 saturated carbocycles. The van der Waals surface area contributed by atoms with Crippen LogP contribution in [0.2, 0.25) is 0 Å². The number of nitrogens with zero attached hydrogens (tertiary/aromatic N) is 1. The van der Waals surface area contributed by atoms with Crippen molar-refractivity contribution in [1.29, 1.82) is 0 Å². The van der Waals surface area contributed by atoms with Crippen molar-refractivity contribution in [2.24, 2.45) is 11.8 Å². The molecule has 0 bridgehead atoms. The number of nitrogens with one attached hydrogen (secondary N) is 1. The molecule has 0 spiro atoms. The number of β-amino-alcohol motifs (C(OH)–C–C–N with tert-alkyl or cyclic N) is 1. The van der Waals surface area contributed by atoms with E-state index in [9.17, 15) is 5.11 Å². The summed E-state index contributed by atoms with van der Waals surface area (Å²) in [5, 5.41) is 19.4. The molecule has 3 N–H and O–H groups in total. The molecule has 2 unspecified atom stereocenters. The maximum Gasteiger partial charge on any atom is 0.0917 e. The second kappa shape index (κ2) is 6.77. The number of benzene rings is 1. The average molecular weight is 290 g/mol. The number of piperidine rings is 1. The lowest BCUT2D eigenvalue weighted by molar-refractivity contribution is 0.0460. The van der Waals surface area contributed by atoms with Crippen molar-refractivity contribution in [2.45, 2.75) is 38.2 Å². The lowest BCUT2D eigenvalue weighted by atomic mass is 9.75. The van der Waals surface area contributed by atoms with E-state index < -0.39 is 6.10 Å². The fourth-order valence-electron chi connectivity index (χ4n) is 4.01. The molecule has 3 atom stereocenters. The number of aliphatic hydroxyl groups is 1. The van der Waals surface area contributed by atoms with Gasteiger partial charge in [-0.25, -0.2) is 0 Å². The molecule has 4 nitrogen and oxygen atoms in total. The molecule has 1 aliphatic heterocycles. The van der Waals surface area contributed by atoms with Gasteiger partial charge < -0.3 is 10.0 Å². The molecule has 1 aliphatic carbocycles. The molecule has 1 aromatic carbocycles. The zero-order valence-electron chi connectivity index (χ0n) is 12.5. The van der Waals surface area contributed by atoms with Crippen molar-refractivity contribution in [3.8, 4) is 0 Å². The third-order valence-corrected chi connectivity index (χ3v) is 5.21. The summed E-state index contributed by atoms with van der Waals surface area (Å²) in [5.41, 5.74) is 3.62. The largest absolute Gasteiger partial charge is 0.387 e. The summed E-state index contributed by atoms with van der Waals surface area (Å²) in [4.78, 5) is 2.41. The highest BCUT2D eigenvalue weighted by Crippen LogP contribution is 2.36. The number of aliphatic hydroxyl groups excluding tert-OH is 1. The van der Waals surface area contributed by atoms with E-state index in [0.29, 0.717) is 12.2 Å². The van der Waals surface area contributed by atoms with Gasteiger partial charge in [-0.2, -0.15) is 0 Å². The van der Waals surface area contributed by atoms with Gasteiger partial charge in [-0.1, -0.05) is 31.4 Å². The van der Waals surface area contributed by atoms with Crippen LogP contribution in [-0.4, -0.2) is 34.8 Å². The van der Waals surface area contributed by atoms with Gasteiger partial charge in [-0.05, 0) is 48.9 Å². The maximum atomic E-state index is 10.4. The minimum Gasteiger partial charge on any atom is -0.387 e. The van der Waals surface area contributed by atoms with Crippen LogP contribution in [0.15, 0.2) is 24.3 Å². The van der Waals surface area contributed by atoms with E-state index in [1.165, 1.54) is 32.1 Å². The second-order valence-corrected chi connectivity index (χ2v) is 6.61. The van der Waals surface area contributed by atoms with E-state index in [0.717, 1.165) is 30.5 Å². The first-order valence-corrected chi connectivity index (χ1v) is 8.17.